The standard InChI is InChI=1S/C18H21FN2O3S/c1-12-6-5-7-17(13(12)2)20-18(22)14(3)21(25(4,23)24)16-10-8-15(19)9-11-16/h5-11,14H,1-4H3,(H,20,22). The highest BCUT2D eigenvalue weighted by Gasteiger charge is 2.29. The second-order valence-corrected chi connectivity index (χ2v) is 7.81. The number of hydrogen-bond donors (Lipinski definition) is 1. The van der Waals surface area contributed by atoms with Gasteiger partial charge in [-0.3, -0.25) is 9.10 Å². The maximum Gasteiger partial charge on any atom is 0.248 e. The van der Waals surface area contributed by atoms with Crippen LogP contribution in [-0.4, -0.2) is 26.6 Å². The number of amides is 1. The highest BCUT2D eigenvalue weighted by molar-refractivity contribution is 7.92. The maximum absolute atomic E-state index is 13.1. The zero-order valence-corrected chi connectivity index (χ0v) is 15.4. The molecule has 0 aliphatic carbocycles. The van der Waals surface area contributed by atoms with Gasteiger partial charge in [0.1, 0.15) is 11.9 Å². The monoisotopic (exact) mass is 364 g/mol. The lowest BCUT2D eigenvalue weighted by Gasteiger charge is -2.28. The summed E-state index contributed by atoms with van der Waals surface area (Å²) in [4.78, 5) is 12.6. The smallest absolute Gasteiger partial charge is 0.248 e. The van der Waals surface area contributed by atoms with Crippen LogP contribution in [0.5, 0.6) is 0 Å². The molecule has 0 saturated carbocycles. The zero-order valence-electron chi connectivity index (χ0n) is 14.6. The predicted molar refractivity (Wildman–Crippen MR) is 97.7 cm³/mol. The molecule has 134 valence electrons. The fraction of sp³-hybridized carbons (Fsp3) is 0.278. The number of carbonyl (C=O) groups excluding carboxylic acids is 1. The normalized spacial score (nSPS) is 12.5. The molecule has 0 fully saturated rings. The third-order valence-corrected chi connectivity index (χ3v) is 5.27. The third-order valence-electron chi connectivity index (χ3n) is 4.03. The Balaban J connectivity index is 2.33. The van der Waals surface area contributed by atoms with Gasteiger partial charge in [0.2, 0.25) is 15.9 Å². The van der Waals surface area contributed by atoms with Gasteiger partial charge < -0.3 is 5.32 Å². The van der Waals surface area contributed by atoms with E-state index >= 15 is 0 Å². The summed E-state index contributed by atoms with van der Waals surface area (Å²) in [7, 11) is -3.74. The highest BCUT2D eigenvalue weighted by atomic mass is 32.2. The van der Waals surface area contributed by atoms with Crippen LogP contribution in [0.2, 0.25) is 0 Å². The summed E-state index contributed by atoms with van der Waals surface area (Å²) in [6, 6.07) is 9.48. The van der Waals surface area contributed by atoms with Crippen LogP contribution in [0.3, 0.4) is 0 Å². The second kappa shape index (κ2) is 7.23. The molecule has 0 bridgehead atoms. The van der Waals surface area contributed by atoms with Gasteiger partial charge in [-0.1, -0.05) is 12.1 Å². The van der Waals surface area contributed by atoms with Crippen LogP contribution in [0.15, 0.2) is 42.5 Å². The molecule has 0 spiro atoms. The summed E-state index contributed by atoms with van der Waals surface area (Å²) in [5.74, 6) is -0.951. The Morgan fingerprint density at radius 3 is 2.28 bits per heavy atom. The van der Waals surface area contributed by atoms with Crippen molar-refractivity contribution in [3.63, 3.8) is 0 Å². The Labute approximate surface area is 147 Å². The van der Waals surface area contributed by atoms with Gasteiger partial charge in [0.05, 0.1) is 11.9 Å². The second-order valence-electron chi connectivity index (χ2n) is 5.95. The van der Waals surface area contributed by atoms with Crippen molar-refractivity contribution in [2.24, 2.45) is 0 Å². The third kappa shape index (κ3) is 4.36. The summed E-state index contributed by atoms with van der Waals surface area (Å²) >= 11 is 0. The van der Waals surface area contributed by atoms with Crippen molar-refractivity contribution in [3.05, 3.63) is 59.4 Å². The summed E-state index contributed by atoms with van der Waals surface area (Å²) in [5.41, 5.74) is 2.79. The maximum atomic E-state index is 13.1. The molecule has 0 aliphatic rings. The molecule has 2 rings (SSSR count). The summed E-state index contributed by atoms with van der Waals surface area (Å²) < 4.78 is 38.5. The Hall–Kier alpha value is -2.41. The van der Waals surface area contributed by atoms with Gasteiger partial charge in [-0.2, -0.15) is 0 Å². The minimum Gasteiger partial charge on any atom is -0.324 e. The first-order valence-electron chi connectivity index (χ1n) is 7.73. The van der Waals surface area contributed by atoms with Crippen LogP contribution >= 0.6 is 0 Å². The Morgan fingerprint density at radius 2 is 1.72 bits per heavy atom. The van der Waals surface area contributed by atoms with E-state index in [2.05, 4.69) is 5.32 Å². The topological polar surface area (TPSA) is 66.5 Å². The van der Waals surface area contributed by atoms with E-state index in [1.54, 1.807) is 6.07 Å². The van der Waals surface area contributed by atoms with Crippen LogP contribution in [-0.2, 0) is 14.8 Å². The van der Waals surface area contributed by atoms with Crippen LogP contribution in [0, 0.1) is 19.7 Å². The van der Waals surface area contributed by atoms with E-state index < -0.39 is 27.8 Å². The summed E-state index contributed by atoms with van der Waals surface area (Å²) in [6.07, 6.45) is 1.01. The molecule has 1 amide bonds. The minimum absolute atomic E-state index is 0.229. The number of carbonyl (C=O) groups is 1. The fourth-order valence-corrected chi connectivity index (χ4v) is 3.70. The van der Waals surface area contributed by atoms with E-state index in [-0.39, 0.29) is 5.69 Å². The van der Waals surface area contributed by atoms with Gasteiger partial charge in [0.25, 0.3) is 0 Å². The molecule has 0 aliphatic heterocycles. The number of benzene rings is 2. The lowest BCUT2D eigenvalue weighted by Crippen LogP contribution is -2.45. The van der Waals surface area contributed by atoms with Gasteiger partial charge in [-0.25, -0.2) is 12.8 Å². The largest absolute Gasteiger partial charge is 0.324 e. The molecular formula is C18H21FN2O3S. The van der Waals surface area contributed by atoms with Crippen molar-refractivity contribution in [2.45, 2.75) is 26.8 Å². The van der Waals surface area contributed by atoms with Crippen molar-refractivity contribution < 1.29 is 17.6 Å². The van der Waals surface area contributed by atoms with E-state index in [1.807, 2.05) is 26.0 Å². The van der Waals surface area contributed by atoms with Gasteiger partial charge in [-0.05, 0) is 62.2 Å². The molecule has 25 heavy (non-hydrogen) atoms. The number of nitrogens with one attached hydrogen (secondary N) is 1. The van der Waals surface area contributed by atoms with E-state index in [1.165, 1.54) is 19.1 Å². The van der Waals surface area contributed by atoms with Gasteiger partial charge >= 0.3 is 0 Å². The van der Waals surface area contributed by atoms with E-state index in [4.69, 9.17) is 0 Å². The first kappa shape index (κ1) is 18.9. The number of rotatable bonds is 5. The van der Waals surface area contributed by atoms with Crippen molar-refractivity contribution in [1.82, 2.24) is 0 Å². The fourth-order valence-electron chi connectivity index (χ4n) is 2.52. The van der Waals surface area contributed by atoms with E-state index in [0.717, 1.165) is 33.8 Å². The molecule has 0 heterocycles. The van der Waals surface area contributed by atoms with Gasteiger partial charge in [0.15, 0.2) is 0 Å². The van der Waals surface area contributed by atoms with E-state index in [9.17, 15) is 17.6 Å². The summed E-state index contributed by atoms with van der Waals surface area (Å²) in [5, 5.41) is 2.77. The number of aryl methyl sites for hydroxylation is 1. The number of nitrogens with zero attached hydrogens (tertiary/aromatic N) is 1. The molecule has 1 N–H and O–H groups in total. The van der Waals surface area contributed by atoms with Crippen LogP contribution in [0.1, 0.15) is 18.1 Å². The van der Waals surface area contributed by atoms with Crippen LogP contribution in [0.25, 0.3) is 0 Å². The van der Waals surface area contributed by atoms with Crippen LogP contribution in [0.4, 0.5) is 15.8 Å². The van der Waals surface area contributed by atoms with Crippen molar-refractivity contribution >= 4 is 27.3 Å². The SMILES string of the molecule is Cc1cccc(NC(=O)C(C)N(c2ccc(F)cc2)S(C)(=O)=O)c1C. The molecular weight excluding hydrogens is 343 g/mol. The van der Waals surface area contributed by atoms with Gasteiger partial charge in [-0.15, -0.1) is 0 Å². The van der Waals surface area contributed by atoms with E-state index in [0.29, 0.717) is 5.69 Å². The number of sulfonamides is 1. The molecule has 1 atom stereocenters. The number of hydrogen-bond acceptors (Lipinski definition) is 3. The molecule has 5 nitrogen and oxygen atoms in total. The molecule has 7 heteroatoms. The first-order valence-corrected chi connectivity index (χ1v) is 9.58. The summed E-state index contributed by atoms with van der Waals surface area (Å²) in [6.45, 7) is 5.30. The van der Waals surface area contributed by atoms with Crippen LogP contribution < -0.4 is 9.62 Å². The zero-order chi connectivity index (χ0) is 18.8. The average molecular weight is 364 g/mol. The molecule has 0 radical (unpaired) electrons. The Bertz CT molecular complexity index is 880. The van der Waals surface area contributed by atoms with Crippen molar-refractivity contribution in [1.29, 1.82) is 0 Å². The first-order chi connectivity index (χ1) is 11.6. The molecule has 0 aromatic heterocycles. The number of anilines is 2. The highest BCUT2D eigenvalue weighted by Crippen LogP contribution is 2.23. The average Bonchev–Trinajstić information content (AvgIpc) is 2.52. The Kier molecular flexibility index (Phi) is 5.47. The molecule has 2 aromatic carbocycles. The minimum atomic E-state index is -3.74. The lowest BCUT2D eigenvalue weighted by molar-refractivity contribution is -0.116. The van der Waals surface area contributed by atoms with Crippen molar-refractivity contribution in [2.75, 3.05) is 15.9 Å². The molecule has 0 saturated heterocycles. The quantitative estimate of drug-likeness (QED) is 0.886. The Morgan fingerprint density at radius 1 is 1.12 bits per heavy atom. The number of halogens is 1. The molecule has 2 aromatic rings. The van der Waals surface area contributed by atoms with Crippen molar-refractivity contribution in [3.8, 4) is 0 Å². The predicted octanol–water partition coefficient (Wildman–Crippen LogP) is 3.24. The van der Waals surface area contributed by atoms with Gasteiger partial charge in [0, 0.05) is 5.69 Å². The lowest BCUT2D eigenvalue weighted by atomic mass is 10.1. The molecule has 1 unspecified atom stereocenters.